The lowest BCUT2D eigenvalue weighted by Crippen LogP contribution is -2.36. The van der Waals surface area contributed by atoms with E-state index in [1.807, 2.05) is 54.1 Å². The van der Waals surface area contributed by atoms with E-state index in [0.29, 0.717) is 24.9 Å². The van der Waals surface area contributed by atoms with E-state index in [4.69, 9.17) is 9.52 Å². The minimum Gasteiger partial charge on any atom is -0.444 e. The van der Waals surface area contributed by atoms with Crippen molar-refractivity contribution in [2.24, 2.45) is 4.99 Å². The number of rotatable bonds is 6. The SMILES string of the molecule is CN=C(NCc1coc(-c2ccc(C)cc2)n1)NCc1c(C)nn(-c2ccccc2)c1C. The Morgan fingerprint density at radius 3 is 2.41 bits per heavy atom. The molecule has 0 saturated carbocycles. The van der Waals surface area contributed by atoms with Crippen LogP contribution in [0, 0.1) is 20.8 Å². The predicted octanol–water partition coefficient (Wildman–Crippen LogP) is 4.32. The van der Waals surface area contributed by atoms with Gasteiger partial charge in [-0.15, -0.1) is 0 Å². The molecule has 0 unspecified atom stereocenters. The van der Waals surface area contributed by atoms with Crippen LogP contribution in [0.1, 0.15) is 28.2 Å². The maximum Gasteiger partial charge on any atom is 0.226 e. The summed E-state index contributed by atoms with van der Waals surface area (Å²) in [5.74, 6) is 1.31. The molecule has 4 aromatic rings. The van der Waals surface area contributed by atoms with Gasteiger partial charge in [0.1, 0.15) is 6.26 Å². The molecule has 32 heavy (non-hydrogen) atoms. The lowest BCUT2D eigenvalue weighted by atomic mass is 10.1. The van der Waals surface area contributed by atoms with Crippen molar-refractivity contribution in [1.82, 2.24) is 25.4 Å². The topological polar surface area (TPSA) is 80.3 Å². The summed E-state index contributed by atoms with van der Waals surface area (Å²) in [6.07, 6.45) is 1.67. The molecule has 4 rings (SSSR count). The molecule has 0 amide bonds. The van der Waals surface area contributed by atoms with Gasteiger partial charge in [0.15, 0.2) is 5.96 Å². The second kappa shape index (κ2) is 9.51. The van der Waals surface area contributed by atoms with E-state index in [9.17, 15) is 0 Å². The molecule has 0 saturated heterocycles. The quantitative estimate of drug-likeness (QED) is 0.353. The molecule has 0 bridgehead atoms. The fraction of sp³-hybridized carbons (Fsp3) is 0.240. The normalized spacial score (nSPS) is 11.6. The molecule has 2 aromatic carbocycles. The first kappa shape index (κ1) is 21.4. The van der Waals surface area contributed by atoms with E-state index in [0.717, 1.165) is 33.9 Å². The van der Waals surface area contributed by atoms with Crippen LogP contribution in [0.3, 0.4) is 0 Å². The standard InChI is InChI=1S/C25H28N6O/c1-17-10-12-20(13-11-17)24-29-21(16-32-24)14-27-25(26-4)28-15-23-18(2)30-31(19(23)3)22-8-6-5-7-9-22/h5-13,16H,14-15H2,1-4H3,(H2,26,27,28). The molecule has 164 valence electrons. The van der Waals surface area contributed by atoms with Crippen molar-refractivity contribution < 1.29 is 4.42 Å². The molecule has 0 atom stereocenters. The number of oxazole rings is 1. The molecule has 2 N–H and O–H groups in total. The van der Waals surface area contributed by atoms with Gasteiger partial charge in [0.25, 0.3) is 0 Å². The summed E-state index contributed by atoms with van der Waals surface area (Å²) in [6.45, 7) is 7.31. The van der Waals surface area contributed by atoms with Crippen molar-refractivity contribution in [3.05, 3.63) is 89.1 Å². The zero-order chi connectivity index (χ0) is 22.5. The Morgan fingerprint density at radius 1 is 0.969 bits per heavy atom. The molecule has 0 aliphatic carbocycles. The van der Waals surface area contributed by atoms with Gasteiger partial charge >= 0.3 is 0 Å². The van der Waals surface area contributed by atoms with Crippen molar-refractivity contribution >= 4 is 5.96 Å². The summed E-state index contributed by atoms with van der Waals surface area (Å²) in [5.41, 5.74) is 7.29. The first-order valence-corrected chi connectivity index (χ1v) is 10.6. The van der Waals surface area contributed by atoms with E-state index in [1.54, 1.807) is 13.3 Å². The first-order valence-electron chi connectivity index (χ1n) is 10.6. The number of aliphatic imine (C=N–C) groups is 1. The number of aryl methyl sites for hydroxylation is 2. The van der Waals surface area contributed by atoms with Crippen molar-refractivity contribution in [1.29, 1.82) is 0 Å². The van der Waals surface area contributed by atoms with Crippen molar-refractivity contribution in [2.45, 2.75) is 33.9 Å². The number of guanidine groups is 1. The van der Waals surface area contributed by atoms with Gasteiger partial charge in [-0.3, -0.25) is 4.99 Å². The van der Waals surface area contributed by atoms with Gasteiger partial charge in [0, 0.05) is 30.4 Å². The molecule has 0 aliphatic heterocycles. The van der Waals surface area contributed by atoms with E-state index in [-0.39, 0.29) is 0 Å². The average molecular weight is 429 g/mol. The fourth-order valence-corrected chi connectivity index (χ4v) is 3.54. The second-order valence-corrected chi connectivity index (χ2v) is 7.69. The number of benzene rings is 2. The zero-order valence-electron chi connectivity index (χ0n) is 18.9. The highest BCUT2D eigenvalue weighted by molar-refractivity contribution is 5.79. The molecule has 7 nitrogen and oxygen atoms in total. The Morgan fingerprint density at radius 2 is 1.69 bits per heavy atom. The molecule has 0 spiro atoms. The predicted molar refractivity (Wildman–Crippen MR) is 127 cm³/mol. The fourth-order valence-electron chi connectivity index (χ4n) is 3.54. The average Bonchev–Trinajstić information content (AvgIpc) is 3.40. The van der Waals surface area contributed by atoms with E-state index in [2.05, 4.69) is 46.6 Å². The highest BCUT2D eigenvalue weighted by Crippen LogP contribution is 2.19. The molecule has 2 heterocycles. The molecule has 7 heteroatoms. The molecule has 0 fully saturated rings. The largest absolute Gasteiger partial charge is 0.444 e. The third kappa shape index (κ3) is 4.72. The second-order valence-electron chi connectivity index (χ2n) is 7.69. The molecule has 0 radical (unpaired) electrons. The molecule has 2 aromatic heterocycles. The van der Waals surface area contributed by atoms with Crippen LogP contribution in [0.15, 0.2) is 70.3 Å². The molecule has 0 aliphatic rings. The summed E-state index contributed by atoms with van der Waals surface area (Å²) in [7, 11) is 1.75. The maximum atomic E-state index is 5.64. The van der Waals surface area contributed by atoms with Crippen LogP contribution in [0.5, 0.6) is 0 Å². The zero-order valence-corrected chi connectivity index (χ0v) is 18.9. The summed E-state index contributed by atoms with van der Waals surface area (Å²) in [6, 6.07) is 18.3. The summed E-state index contributed by atoms with van der Waals surface area (Å²) in [5, 5.41) is 11.4. The molecular formula is C25H28N6O. The smallest absolute Gasteiger partial charge is 0.226 e. The van der Waals surface area contributed by atoms with Crippen LogP contribution in [0.4, 0.5) is 0 Å². The third-order valence-corrected chi connectivity index (χ3v) is 5.39. The van der Waals surface area contributed by atoms with Crippen LogP contribution in [-0.2, 0) is 13.1 Å². The lowest BCUT2D eigenvalue weighted by Gasteiger charge is -2.11. The highest BCUT2D eigenvalue weighted by Gasteiger charge is 2.13. The van der Waals surface area contributed by atoms with Crippen LogP contribution in [0.2, 0.25) is 0 Å². The van der Waals surface area contributed by atoms with Crippen LogP contribution >= 0.6 is 0 Å². The third-order valence-electron chi connectivity index (χ3n) is 5.39. The van der Waals surface area contributed by atoms with Crippen LogP contribution in [0.25, 0.3) is 17.1 Å². The van der Waals surface area contributed by atoms with Gasteiger partial charge in [0.05, 0.1) is 23.6 Å². The minimum absolute atomic E-state index is 0.510. The van der Waals surface area contributed by atoms with Crippen LogP contribution in [-0.4, -0.2) is 27.8 Å². The number of para-hydroxylation sites is 1. The Hall–Kier alpha value is -3.87. The summed E-state index contributed by atoms with van der Waals surface area (Å²) < 4.78 is 7.62. The number of hydrogen-bond donors (Lipinski definition) is 2. The van der Waals surface area contributed by atoms with Gasteiger partial charge in [0.2, 0.25) is 5.89 Å². The van der Waals surface area contributed by atoms with Gasteiger partial charge in [-0.2, -0.15) is 5.10 Å². The highest BCUT2D eigenvalue weighted by atomic mass is 16.3. The Bertz CT molecular complexity index is 1210. The maximum absolute atomic E-state index is 5.64. The van der Waals surface area contributed by atoms with Gasteiger partial charge in [-0.05, 0) is 45.0 Å². The Labute approximate surface area is 188 Å². The van der Waals surface area contributed by atoms with E-state index < -0.39 is 0 Å². The number of hydrogen-bond acceptors (Lipinski definition) is 4. The monoisotopic (exact) mass is 428 g/mol. The van der Waals surface area contributed by atoms with E-state index >= 15 is 0 Å². The number of nitrogens with zero attached hydrogens (tertiary/aromatic N) is 4. The van der Waals surface area contributed by atoms with Crippen LogP contribution < -0.4 is 10.6 Å². The van der Waals surface area contributed by atoms with Gasteiger partial charge in [-0.1, -0.05) is 35.9 Å². The van der Waals surface area contributed by atoms with Gasteiger partial charge < -0.3 is 15.1 Å². The summed E-state index contributed by atoms with van der Waals surface area (Å²) in [4.78, 5) is 8.90. The van der Waals surface area contributed by atoms with Gasteiger partial charge in [-0.25, -0.2) is 9.67 Å². The minimum atomic E-state index is 0.510. The lowest BCUT2D eigenvalue weighted by molar-refractivity contribution is 0.572. The molecular weight excluding hydrogens is 400 g/mol. The number of nitrogens with one attached hydrogen (secondary N) is 2. The number of aromatic nitrogens is 3. The van der Waals surface area contributed by atoms with Crippen molar-refractivity contribution in [3.63, 3.8) is 0 Å². The Balaban J connectivity index is 1.37. The van der Waals surface area contributed by atoms with Crippen molar-refractivity contribution in [3.8, 4) is 17.1 Å². The summed E-state index contributed by atoms with van der Waals surface area (Å²) >= 11 is 0. The van der Waals surface area contributed by atoms with Crippen molar-refractivity contribution in [2.75, 3.05) is 7.05 Å². The Kier molecular flexibility index (Phi) is 6.35. The van der Waals surface area contributed by atoms with E-state index in [1.165, 1.54) is 5.56 Å². The first-order chi connectivity index (χ1) is 15.5.